The first-order valence-corrected chi connectivity index (χ1v) is 9.16. The van der Waals surface area contributed by atoms with Gasteiger partial charge in [-0.15, -0.1) is 0 Å². The molecule has 0 saturated carbocycles. The van der Waals surface area contributed by atoms with E-state index in [0.717, 1.165) is 10.1 Å². The lowest BCUT2D eigenvalue weighted by Gasteiger charge is -2.08. The number of benzene rings is 2. The molecule has 0 radical (unpaired) electrons. The van der Waals surface area contributed by atoms with E-state index in [1.165, 1.54) is 0 Å². The number of amides is 1. The highest BCUT2D eigenvalue weighted by molar-refractivity contribution is 6.31. The molecule has 3 rings (SSSR count). The maximum Gasteiger partial charge on any atom is 0.328 e. The number of aromatic amines is 1. The number of halogens is 1. The van der Waals surface area contributed by atoms with Gasteiger partial charge >= 0.3 is 5.69 Å². The first-order valence-electron chi connectivity index (χ1n) is 8.78. The summed E-state index contributed by atoms with van der Waals surface area (Å²) in [6.45, 7) is 0.677. The Kier molecular flexibility index (Phi) is 6.08. The number of hydrogen-bond donors (Lipinski definition) is 2. The molecule has 1 amide bonds. The number of rotatable bonds is 7. The van der Waals surface area contributed by atoms with Crippen LogP contribution in [0.3, 0.4) is 0 Å². The lowest BCUT2D eigenvalue weighted by Crippen LogP contribution is -2.35. The minimum absolute atomic E-state index is 0.118. The Labute approximate surface area is 160 Å². The summed E-state index contributed by atoms with van der Waals surface area (Å²) < 4.78 is 1.14. The molecule has 6 nitrogen and oxygen atoms in total. The number of nitrogens with zero attached hydrogens (tertiary/aromatic N) is 1. The maximum absolute atomic E-state index is 12.4. The van der Waals surface area contributed by atoms with E-state index in [-0.39, 0.29) is 24.4 Å². The molecule has 1 heterocycles. The van der Waals surface area contributed by atoms with E-state index in [1.807, 2.05) is 24.3 Å². The molecule has 27 heavy (non-hydrogen) atoms. The molecule has 140 valence electrons. The van der Waals surface area contributed by atoms with Gasteiger partial charge in [0.1, 0.15) is 0 Å². The molecular weight excluding hydrogens is 366 g/mol. The highest BCUT2D eigenvalue weighted by Gasteiger charge is 2.08. The molecule has 0 saturated heterocycles. The Hall–Kier alpha value is -2.86. The number of fused-ring (bicyclic) bond motifs is 1. The molecule has 0 aliphatic carbocycles. The van der Waals surface area contributed by atoms with Gasteiger partial charge in [0.05, 0.1) is 10.9 Å². The monoisotopic (exact) mass is 385 g/mol. The zero-order chi connectivity index (χ0) is 19.2. The average Bonchev–Trinajstić information content (AvgIpc) is 2.66. The number of hydrogen-bond acceptors (Lipinski definition) is 3. The first-order chi connectivity index (χ1) is 13.1. The van der Waals surface area contributed by atoms with Crippen LogP contribution in [0.15, 0.2) is 58.1 Å². The van der Waals surface area contributed by atoms with Crippen molar-refractivity contribution in [2.75, 3.05) is 6.54 Å². The molecule has 0 spiro atoms. The van der Waals surface area contributed by atoms with Gasteiger partial charge in [-0.3, -0.25) is 14.2 Å². The van der Waals surface area contributed by atoms with E-state index in [4.69, 9.17) is 11.6 Å². The minimum Gasteiger partial charge on any atom is -0.356 e. The molecule has 0 unspecified atom stereocenters. The fraction of sp³-hybridized carbons (Fsp3) is 0.250. The summed E-state index contributed by atoms with van der Waals surface area (Å²) in [6.07, 6.45) is 1.29. The molecule has 2 aromatic carbocycles. The molecule has 3 aromatic rings. The standard InChI is InChI=1S/C20H20ClN3O3/c21-16-8-3-1-6-14(16)11-12-22-18(25)10-5-13-24-19(26)15-7-2-4-9-17(15)23-20(24)27/h1-4,6-9H,5,10-13H2,(H,22,25)(H,23,27). The maximum atomic E-state index is 12.4. The van der Waals surface area contributed by atoms with Crippen LogP contribution >= 0.6 is 11.6 Å². The molecule has 0 aliphatic rings. The van der Waals surface area contributed by atoms with E-state index < -0.39 is 5.69 Å². The predicted octanol–water partition coefficient (Wildman–Crippen LogP) is 2.48. The third-order valence-electron chi connectivity index (χ3n) is 4.35. The Morgan fingerprint density at radius 1 is 1.07 bits per heavy atom. The number of para-hydroxylation sites is 1. The van der Waals surface area contributed by atoms with Gasteiger partial charge in [-0.25, -0.2) is 4.79 Å². The zero-order valence-electron chi connectivity index (χ0n) is 14.7. The van der Waals surface area contributed by atoms with E-state index in [1.54, 1.807) is 24.3 Å². The molecule has 0 fully saturated rings. The molecular formula is C20H20ClN3O3. The quantitative estimate of drug-likeness (QED) is 0.655. The highest BCUT2D eigenvalue weighted by Crippen LogP contribution is 2.14. The van der Waals surface area contributed by atoms with Crippen LogP contribution in [0.25, 0.3) is 10.9 Å². The van der Waals surface area contributed by atoms with Crippen molar-refractivity contribution >= 4 is 28.4 Å². The Balaban J connectivity index is 1.52. The number of carbonyl (C=O) groups is 1. The molecule has 0 bridgehead atoms. The van der Waals surface area contributed by atoms with Crippen molar-refractivity contribution in [1.29, 1.82) is 0 Å². The van der Waals surface area contributed by atoms with Crippen molar-refractivity contribution in [2.45, 2.75) is 25.8 Å². The smallest absolute Gasteiger partial charge is 0.328 e. The fourth-order valence-corrected chi connectivity index (χ4v) is 3.16. The molecule has 0 aliphatic heterocycles. The van der Waals surface area contributed by atoms with Gasteiger partial charge in [-0.05, 0) is 36.6 Å². The summed E-state index contributed by atoms with van der Waals surface area (Å²) in [5, 5.41) is 3.97. The third kappa shape index (κ3) is 4.65. The summed E-state index contributed by atoms with van der Waals surface area (Å²) in [7, 11) is 0. The highest BCUT2D eigenvalue weighted by atomic mass is 35.5. The summed E-state index contributed by atoms with van der Waals surface area (Å²) in [5.41, 5.74) is 0.695. The van der Waals surface area contributed by atoms with Crippen LogP contribution in [-0.4, -0.2) is 22.0 Å². The van der Waals surface area contributed by atoms with Gasteiger partial charge in [0, 0.05) is 24.5 Å². The van der Waals surface area contributed by atoms with Crippen molar-refractivity contribution < 1.29 is 4.79 Å². The fourth-order valence-electron chi connectivity index (χ4n) is 2.93. The third-order valence-corrected chi connectivity index (χ3v) is 4.72. The van der Waals surface area contributed by atoms with Crippen molar-refractivity contribution in [3.05, 3.63) is 80.0 Å². The number of H-pyrrole nitrogens is 1. The van der Waals surface area contributed by atoms with Crippen LogP contribution in [0.5, 0.6) is 0 Å². The molecule has 2 N–H and O–H groups in total. The van der Waals surface area contributed by atoms with Crippen LogP contribution < -0.4 is 16.6 Å². The molecule has 0 atom stereocenters. The SMILES string of the molecule is O=C(CCCn1c(=O)[nH]c2ccccc2c1=O)NCCc1ccccc1Cl. The lowest BCUT2D eigenvalue weighted by molar-refractivity contribution is -0.121. The average molecular weight is 386 g/mol. The van der Waals surface area contributed by atoms with Crippen LogP contribution in [0.2, 0.25) is 5.02 Å². The number of carbonyl (C=O) groups excluding carboxylic acids is 1. The van der Waals surface area contributed by atoms with Crippen molar-refractivity contribution in [3.63, 3.8) is 0 Å². The van der Waals surface area contributed by atoms with E-state index in [9.17, 15) is 14.4 Å². The summed E-state index contributed by atoms with van der Waals surface area (Å²) in [6, 6.07) is 14.4. The second-order valence-electron chi connectivity index (χ2n) is 6.23. The molecule has 7 heteroatoms. The Bertz CT molecular complexity index is 1070. The first kappa shape index (κ1) is 18.9. The van der Waals surface area contributed by atoms with Crippen LogP contribution in [-0.2, 0) is 17.8 Å². The van der Waals surface area contributed by atoms with Gasteiger partial charge in [0.2, 0.25) is 5.91 Å². The summed E-state index contributed by atoms with van der Waals surface area (Å²) in [4.78, 5) is 39.2. The van der Waals surface area contributed by atoms with Gasteiger partial charge < -0.3 is 10.3 Å². The summed E-state index contributed by atoms with van der Waals surface area (Å²) in [5.74, 6) is -0.118. The zero-order valence-corrected chi connectivity index (χ0v) is 15.5. The summed E-state index contributed by atoms with van der Waals surface area (Å²) >= 11 is 6.08. The second kappa shape index (κ2) is 8.68. The van der Waals surface area contributed by atoms with Crippen LogP contribution in [0.4, 0.5) is 0 Å². The van der Waals surface area contributed by atoms with Gasteiger partial charge in [0.25, 0.3) is 5.56 Å². The topological polar surface area (TPSA) is 84.0 Å². The van der Waals surface area contributed by atoms with Crippen molar-refractivity contribution in [3.8, 4) is 0 Å². The van der Waals surface area contributed by atoms with Crippen LogP contribution in [0.1, 0.15) is 18.4 Å². The number of nitrogens with one attached hydrogen (secondary N) is 2. The van der Waals surface area contributed by atoms with Crippen LogP contribution in [0, 0.1) is 0 Å². The minimum atomic E-state index is -0.460. The second-order valence-corrected chi connectivity index (χ2v) is 6.63. The Morgan fingerprint density at radius 2 is 1.81 bits per heavy atom. The van der Waals surface area contributed by atoms with E-state index in [2.05, 4.69) is 10.3 Å². The normalized spacial score (nSPS) is 10.9. The van der Waals surface area contributed by atoms with Crippen molar-refractivity contribution in [1.82, 2.24) is 14.9 Å². The largest absolute Gasteiger partial charge is 0.356 e. The van der Waals surface area contributed by atoms with E-state index in [0.29, 0.717) is 35.3 Å². The van der Waals surface area contributed by atoms with Gasteiger partial charge in [-0.1, -0.05) is 41.9 Å². The predicted molar refractivity (Wildman–Crippen MR) is 106 cm³/mol. The lowest BCUT2D eigenvalue weighted by atomic mass is 10.1. The van der Waals surface area contributed by atoms with Crippen molar-refractivity contribution in [2.24, 2.45) is 0 Å². The van der Waals surface area contributed by atoms with E-state index >= 15 is 0 Å². The van der Waals surface area contributed by atoms with Gasteiger partial charge in [-0.2, -0.15) is 0 Å². The molecule has 1 aromatic heterocycles. The Morgan fingerprint density at radius 3 is 2.63 bits per heavy atom. The van der Waals surface area contributed by atoms with Gasteiger partial charge in [0.15, 0.2) is 0 Å². The number of aromatic nitrogens is 2.